The summed E-state index contributed by atoms with van der Waals surface area (Å²) < 4.78 is 0. The van der Waals surface area contributed by atoms with E-state index in [2.05, 4.69) is 5.32 Å². The van der Waals surface area contributed by atoms with Crippen molar-refractivity contribution in [1.29, 1.82) is 0 Å². The summed E-state index contributed by atoms with van der Waals surface area (Å²) in [6.45, 7) is 0. The number of nitrogens with two attached hydrogens (primary N) is 1. The smallest absolute Gasteiger partial charge is 0.335 e. The van der Waals surface area contributed by atoms with Crippen molar-refractivity contribution in [2.24, 2.45) is 0 Å². The van der Waals surface area contributed by atoms with Gasteiger partial charge in [-0.1, -0.05) is 18.2 Å². The summed E-state index contributed by atoms with van der Waals surface area (Å²) in [6, 6.07) is 13.5. The molecule has 21 heavy (non-hydrogen) atoms. The topological polar surface area (TPSA) is 92.4 Å². The van der Waals surface area contributed by atoms with Crippen molar-refractivity contribution in [1.82, 2.24) is 0 Å². The molecule has 0 aliphatic rings. The molecular weight excluding hydrogens is 268 g/mol. The Morgan fingerprint density at radius 3 is 2.33 bits per heavy atom. The van der Waals surface area contributed by atoms with Gasteiger partial charge in [-0.05, 0) is 42.3 Å². The highest BCUT2D eigenvalue weighted by Crippen LogP contribution is 2.14. The first-order chi connectivity index (χ1) is 10.1. The molecule has 0 spiro atoms. The summed E-state index contributed by atoms with van der Waals surface area (Å²) in [7, 11) is 0. The van der Waals surface area contributed by atoms with Gasteiger partial charge in [-0.25, -0.2) is 4.79 Å². The number of nitrogen functional groups attached to an aromatic ring is 1. The monoisotopic (exact) mass is 284 g/mol. The largest absolute Gasteiger partial charge is 0.478 e. The quantitative estimate of drug-likeness (QED) is 0.736. The second-order valence-electron chi connectivity index (χ2n) is 4.63. The van der Waals surface area contributed by atoms with E-state index in [1.54, 1.807) is 18.2 Å². The second-order valence-corrected chi connectivity index (χ2v) is 4.63. The van der Waals surface area contributed by atoms with Crippen LogP contribution in [0.25, 0.3) is 0 Å². The molecule has 0 unspecified atom stereocenters. The number of carbonyl (C=O) groups is 2. The van der Waals surface area contributed by atoms with E-state index in [1.165, 1.54) is 12.1 Å². The minimum atomic E-state index is -0.993. The third-order valence-corrected chi connectivity index (χ3v) is 3.09. The van der Waals surface area contributed by atoms with Gasteiger partial charge in [-0.3, -0.25) is 4.79 Å². The second kappa shape index (κ2) is 6.56. The van der Waals surface area contributed by atoms with Crippen LogP contribution in [0.15, 0.2) is 48.5 Å². The molecule has 5 nitrogen and oxygen atoms in total. The van der Waals surface area contributed by atoms with Gasteiger partial charge < -0.3 is 16.2 Å². The number of benzene rings is 2. The fourth-order valence-corrected chi connectivity index (χ4v) is 1.93. The summed E-state index contributed by atoms with van der Waals surface area (Å²) in [5.74, 6) is -1.13. The van der Waals surface area contributed by atoms with Gasteiger partial charge in [0.15, 0.2) is 0 Å². The lowest BCUT2D eigenvalue weighted by atomic mass is 10.1. The number of para-hydroxylation sites is 1. The first-order valence-corrected chi connectivity index (χ1v) is 6.53. The van der Waals surface area contributed by atoms with Crippen LogP contribution in [0.2, 0.25) is 0 Å². The number of rotatable bonds is 5. The van der Waals surface area contributed by atoms with Crippen molar-refractivity contribution in [2.75, 3.05) is 11.1 Å². The van der Waals surface area contributed by atoms with Gasteiger partial charge in [-0.2, -0.15) is 0 Å². The molecule has 1 amide bonds. The Labute approximate surface area is 122 Å². The van der Waals surface area contributed by atoms with Gasteiger partial charge in [0, 0.05) is 17.8 Å². The van der Waals surface area contributed by atoms with E-state index < -0.39 is 5.97 Å². The minimum absolute atomic E-state index is 0.138. The third kappa shape index (κ3) is 4.07. The Balaban J connectivity index is 1.90. The number of carboxylic acid groups (broad SMARTS) is 1. The van der Waals surface area contributed by atoms with E-state index in [0.29, 0.717) is 24.2 Å². The van der Waals surface area contributed by atoms with Crippen LogP contribution in [0.5, 0.6) is 0 Å². The molecule has 0 bridgehead atoms. The Morgan fingerprint density at radius 1 is 1.05 bits per heavy atom. The van der Waals surface area contributed by atoms with Crippen molar-refractivity contribution < 1.29 is 14.7 Å². The summed E-state index contributed by atoms with van der Waals surface area (Å²) in [4.78, 5) is 22.6. The molecule has 2 aromatic rings. The number of hydrogen-bond acceptors (Lipinski definition) is 3. The van der Waals surface area contributed by atoms with E-state index in [0.717, 1.165) is 5.56 Å². The molecule has 0 atom stereocenters. The molecule has 0 saturated heterocycles. The maximum atomic E-state index is 11.8. The lowest BCUT2D eigenvalue weighted by Crippen LogP contribution is -2.12. The molecule has 0 aromatic heterocycles. The van der Waals surface area contributed by atoms with Gasteiger partial charge >= 0.3 is 5.97 Å². The minimum Gasteiger partial charge on any atom is -0.478 e. The van der Waals surface area contributed by atoms with Crippen LogP contribution < -0.4 is 11.1 Å². The van der Waals surface area contributed by atoms with Crippen LogP contribution in [0.1, 0.15) is 22.3 Å². The number of nitrogens with one attached hydrogen (secondary N) is 1. The molecule has 0 heterocycles. The van der Waals surface area contributed by atoms with E-state index in [4.69, 9.17) is 10.8 Å². The maximum Gasteiger partial charge on any atom is 0.335 e. The summed E-state index contributed by atoms with van der Waals surface area (Å²) in [6.07, 6.45) is 0.876. The number of carbonyl (C=O) groups excluding carboxylic acids is 1. The van der Waals surface area contributed by atoms with Gasteiger partial charge in [0.05, 0.1) is 5.56 Å². The average molecular weight is 284 g/mol. The van der Waals surface area contributed by atoms with Crippen LogP contribution in [0, 0.1) is 0 Å². The molecule has 0 radical (unpaired) electrons. The van der Waals surface area contributed by atoms with Crippen LogP contribution in [0.4, 0.5) is 11.4 Å². The highest BCUT2D eigenvalue weighted by molar-refractivity contribution is 5.92. The van der Waals surface area contributed by atoms with E-state index in [-0.39, 0.29) is 11.5 Å². The first kappa shape index (κ1) is 14.6. The number of aryl methyl sites for hydroxylation is 1. The lowest BCUT2D eigenvalue weighted by molar-refractivity contribution is -0.116. The summed E-state index contributed by atoms with van der Waals surface area (Å²) in [5.41, 5.74) is 8.19. The Kier molecular flexibility index (Phi) is 4.56. The number of carboxylic acids is 1. The van der Waals surface area contributed by atoms with Crippen molar-refractivity contribution in [3.8, 4) is 0 Å². The summed E-state index contributed by atoms with van der Waals surface area (Å²) in [5, 5.41) is 11.5. The fraction of sp³-hybridized carbons (Fsp3) is 0.125. The van der Waals surface area contributed by atoms with Gasteiger partial charge in [0.2, 0.25) is 5.91 Å². The van der Waals surface area contributed by atoms with Crippen molar-refractivity contribution in [3.05, 3.63) is 59.7 Å². The third-order valence-electron chi connectivity index (χ3n) is 3.09. The molecule has 0 fully saturated rings. The molecular formula is C16H16N2O3. The van der Waals surface area contributed by atoms with Crippen molar-refractivity contribution in [3.63, 3.8) is 0 Å². The Bertz CT molecular complexity index is 651. The molecule has 108 valence electrons. The van der Waals surface area contributed by atoms with Crippen LogP contribution in [-0.2, 0) is 11.2 Å². The van der Waals surface area contributed by atoms with E-state index in [1.807, 2.05) is 18.2 Å². The summed E-state index contributed by atoms with van der Waals surface area (Å²) >= 11 is 0. The lowest BCUT2D eigenvalue weighted by Gasteiger charge is -2.07. The molecule has 2 rings (SSSR count). The number of aromatic carboxylic acids is 1. The molecule has 5 heteroatoms. The highest BCUT2D eigenvalue weighted by Gasteiger charge is 2.06. The highest BCUT2D eigenvalue weighted by atomic mass is 16.4. The van der Waals surface area contributed by atoms with Gasteiger partial charge in [-0.15, -0.1) is 0 Å². The number of amides is 1. The molecule has 0 aliphatic heterocycles. The maximum absolute atomic E-state index is 11.8. The van der Waals surface area contributed by atoms with Gasteiger partial charge in [0.25, 0.3) is 0 Å². The normalized spacial score (nSPS) is 10.1. The van der Waals surface area contributed by atoms with Crippen molar-refractivity contribution in [2.45, 2.75) is 12.8 Å². The zero-order valence-corrected chi connectivity index (χ0v) is 11.4. The first-order valence-electron chi connectivity index (χ1n) is 6.53. The van der Waals surface area contributed by atoms with E-state index in [9.17, 15) is 9.59 Å². The SMILES string of the molecule is Nc1ccccc1CCC(=O)Nc1ccc(C(=O)O)cc1. The van der Waals surface area contributed by atoms with E-state index >= 15 is 0 Å². The van der Waals surface area contributed by atoms with Crippen molar-refractivity contribution >= 4 is 23.3 Å². The molecule has 2 aromatic carbocycles. The van der Waals surface area contributed by atoms with Crippen LogP contribution in [-0.4, -0.2) is 17.0 Å². The molecule has 0 aliphatic carbocycles. The predicted molar refractivity (Wildman–Crippen MR) is 81.2 cm³/mol. The fourth-order valence-electron chi connectivity index (χ4n) is 1.93. The molecule has 0 saturated carbocycles. The van der Waals surface area contributed by atoms with Gasteiger partial charge in [0.1, 0.15) is 0 Å². The number of anilines is 2. The average Bonchev–Trinajstić information content (AvgIpc) is 2.47. The zero-order chi connectivity index (χ0) is 15.2. The predicted octanol–water partition coefficient (Wildman–Crippen LogP) is 2.54. The van der Waals surface area contributed by atoms with Crippen LogP contribution in [0.3, 0.4) is 0 Å². The molecule has 4 N–H and O–H groups in total. The Morgan fingerprint density at radius 2 is 1.71 bits per heavy atom. The van der Waals surface area contributed by atoms with Crippen LogP contribution >= 0.6 is 0 Å². The zero-order valence-electron chi connectivity index (χ0n) is 11.4. The standard InChI is InChI=1S/C16H16N2O3/c17-14-4-2-1-3-11(14)7-10-15(19)18-13-8-5-12(6-9-13)16(20)21/h1-6,8-9H,7,10,17H2,(H,18,19)(H,20,21). The Hall–Kier alpha value is -2.82. The number of hydrogen-bond donors (Lipinski definition) is 3.